The van der Waals surface area contributed by atoms with E-state index in [1.165, 1.54) is 20.3 Å². The highest BCUT2D eigenvalue weighted by Gasteiger charge is 2.29. The van der Waals surface area contributed by atoms with Crippen molar-refractivity contribution in [2.75, 3.05) is 52.9 Å². The number of aromatic amines is 1. The van der Waals surface area contributed by atoms with Crippen molar-refractivity contribution in [2.45, 2.75) is 12.3 Å². The molecule has 1 aromatic carbocycles. The summed E-state index contributed by atoms with van der Waals surface area (Å²) in [4.78, 5) is 35.3. The van der Waals surface area contributed by atoms with E-state index in [-0.39, 0.29) is 24.0 Å². The molecule has 29 heavy (non-hydrogen) atoms. The summed E-state index contributed by atoms with van der Waals surface area (Å²) in [5.74, 6) is 1.77. The lowest BCUT2D eigenvalue weighted by Crippen LogP contribution is -2.33. The molecule has 1 atom stereocenters. The van der Waals surface area contributed by atoms with Crippen LogP contribution < -0.4 is 24.7 Å². The van der Waals surface area contributed by atoms with Crippen LogP contribution in [-0.2, 0) is 4.79 Å². The second-order valence-electron chi connectivity index (χ2n) is 6.99. The molecule has 156 valence electrons. The first kappa shape index (κ1) is 20.5. The Bertz CT molecular complexity index is 905. The molecule has 2 heterocycles. The highest BCUT2D eigenvalue weighted by atomic mass is 16.5. The van der Waals surface area contributed by atoms with Crippen LogP contribution in [0.4, 0.5) is 5.95 Å². The third kappa shape index (κ3) is 4.61. The number of H-pyrrole nitrogens is 1. The number of hydrogen-bond acceptors (Lipinski definition) is 7. The van der Waals surface area contributed by atoms with Crippen LogP contribution in [0, 0.1) is 0 Å². The second kappa shape index (κ2) is 8.85. The molecule has 3 rings (SSSR count). The van der Waals surface area contributed by atoms with Crippen molar-refractivity contribution in [1.82, 2.24) is 14.9 Å². The molecule has 0 aliphatic carbocycles. The van der Waals surface area contributed by atoms with Gasteiger partial charge < -0.3 is 24.0 Å². The van der Waals surface area contributed by atoms with Gasteiger partial charge in [-0.25, -0.2) is 4.98 Å². The third-order valence-corrected chi connectivity index (χ3v) is 4.85. The van der Waals surface area contributed by atoms with Gasteiger partial charge in [0.2, 0.25) is 11.7 Å². The van der Waals surface area contributed by atoms with Gasteiger partial charge in [0.1, 0.15) is 0 Å². The molecule has 1 aliphatic heterocycles. The number of carbonyl (C=O) groups is 1. The Kier molecular flexibility index (Phi) is 6.26. The van der Waals surface area contributed by atoms with Crippen LogP contribution in [0.3, 0.4) is 0 Å². The third-order valence-electron chi connectivity index (χ3n) is 4.85. The summed E-state index contributed by atoms with van der Waals surface area (Å²) in [6.07, 6.45) is 0.743. The molecule has 1 amide bonds. The Morgan fingerprint density at radius 2 is 1.97 bits per heavy atom. The largest absolute Gasteiger partial charge is 0.493 e. The van der Waals surface area contributed by atoms with Gasteiger partial charge in [-0.1, -0.05) is 6.07 Å². The van der Waals surface area contributed by atoms with Crippen LogP contribution in [0.2, 0.25) is 0 Å². The monoisotopic (exact) mass is 402 g/mol. The average Bonchev–Trinajstić information content (AvgIpc) is 3.21. The highest BCUT2D eigenvalue weighted by molar-refractivity contribution is 5.78. The zero-order valence-electron chi connectivity index (χ0n) is 17.1. The molecule has 9 nitrogen and oxygen atoms in total. The van der Waals surface area contributed by atoms with Crippen molar-refractivity contribution in [2.24, 2.45) is 0 Å². The fourth-order valence-electron chi connectivity index (χ4n) is 3.30. The molecule has 2 aromatic rings. The second-order valence-corrected chi connectivity index (χ2v) is 6.99. The van der Waals surface area contributed by atoms with Crippen LogP contribution in [0.5, 0.6) is 17.2 Å². The van der Waals surface area contributed by atoms with Gasteiger partial charge in [0.05, 0.1) is 19.9 Å². The van der Waals surface area contributed by atoms with Crippen molar-refractivity contribution < 1.29 is 19.0 Å². The number of aromatic nitrogens is 2. The summed E-state index contributed by atoms with van der Waals surface area (Å²) >= 11 is 0. The highest BCUT2D eigenvalue weighted by Crippen LogP contribution is 2.36. The summed E-state index contributed by atoms with van der Waals surface area (Å²) in [5.41, 5.74) is 0.496. The first-order valence-electron chi connectivity index (χ1n) is 9.33. The zero-order chi connectivity index (χ0) is 21.0. The Morgan fingerprint density at radius 1 is 1.28 bits per heavy atom. The van der Waals surface area contributed by atoms with Gasteiger partial charge >= 0.3 is 0 Å². The maximum atomic E-state index is 12.7. The Balaban J connectivity index is 1.66. The minimum absolute atomic E-state index is 0.0146. The Labute approximate surface area is 169 Å². The molecular formula is C20H26N4O5. The molecule has 0 bridgehead atoms. The van der Waals surface area contributed by atoms with E-state index >= 15 is 0 Å². The van der Waals surface area contributed by atoms with Gasteiger partial charge in [-0.3, -0.25) is 14.6 Å². The van der Waals surface area contributed by atoms with Gasteiger partial charge in [0.15, 0.2) is 18.1 Å². The topological polar surface area (TPSA) is 97.0 Å². The number of amides is 1. The van der Waals surface area contributed by atoms with Gasteiger partial charge in [-0.2, -0.15) is 0 Å². The number of nitrogens with one attached hydrogen (secondary N) is 1. The van der Waals surface area contributed by atoms with Gasteiger partial charge in [-0.15, -0.1) is 0 Å². The molecule has 0 saturated carbocycles. The molecule has 1 aromatic heterocycles. The normalized spacial score (nSPS) is 15.9. The van der Waals surface area contributed by atoms with E-state index in [0.717, 1.165) is 6.42 Å². The van der Waals surface area contributed by atoms with Crippen molar-refractivity contribution in [3.8, 4) is 17.2 Å². The van der Waals surface area contributed by atoms with Crippen LogP contribution in [0.1, 0.15) is 18.0 Å². The first-order valence-corrected chi connectivity index (χ1v) is 9.33. The smallest absolute Gasteiger partial charge is 0.260 e. The molecule has 0 spiro atoms. The lowest BCUT2D eigenvalue weighted by atomic mass is 10.1. The van der Waals surface area contributed by atoms with E-state index in [9.17, 15) is 9.59 Å². The molecule has 9 heteroatoms. The number of hydrogen-bond donors (Lipinski definition) is 1. The van der Waals surface area contributed by atoms with E-state index in [0.29, 0.717) is 42.0 Å². The minimum atomic E-state index is -0.199. The number of para-hydroxylation sites is 1. The van der Waals surface area contributed by atoms with Crippen molar-refractivity contribution in [3.63, 3.8) is 0 Å². The molecule has 0 radical (unpaired) electrons. The number of ether oxygens (including phenoxy) is 3. The lowest BCUT2D eigenvalue weighted by Gasteiger charge is -2.19. The van der Waals surface area contributed by atoms with Crippen LogP contribution in [0.25, 0.3) is 0 Å². The summed E-state index contributed by atoms with van der Waals surface area (Å²) in [6.45, 7) is 0.950. The summed E-state index contributed by atoms with van der Waals surface area (Å²) in [6, 6.07) is 6.78. The van der Waals surface area contributed by atoms with Gasteiger partial charge in [0.25, 0.3) is 11.5 Å². The number of nitrogens with zero attached hydrogens (tertiary/aromatic N) is 3. The fraction of sp³-hybridized carbons (Fsp3) is 0.450. The van der Waals surface area contributed by atoms with E-state index in [1.54, 1.807) is 28.0 Å². The quantitative estimate of drug-likeness (QED) is 0.744. The van der Waals surface area contributed by atoms with E-state index in [4.69, 9.17) is 14.2 Å². The van der Waals surface area contributed by atoms with Crippen molar-refractivity contribution in [1.29, 1.82) is 0 Å². The van der Waals surface area contributed by atoms with Crippen molar-refractivity contribution in [3.05, 3.63) is 40.3 Å². The number of methoxy groups -OCH3 is 2. The molecular weight excluding hydrogens is 376 g/mol. The van der Waals surface area contributed by atoms with Gasteiger partial charge in [0, 0.05) is 39.2 Å². The molecule has 1 unspecified atom stereocenters. The SMILES string of the molecule is COc1cccc(OC)c1OCC(=O)N1CCC(c2cc(=O)[nH]c(N(C)C)n2)C1. The van der Waals surface area contributed by atoms with Crippen LogP contribution in [0.15, 0.2) is 29.1 Å². The molecule has 1 N–H and O–H groups in total. The Morgan fingerprint density at radius 3 is 2.59 bits per heavy atom. The average molecular weight is 402 g/mol. The molecule has 1 aliphatic rings. The van der Waals surface area contributed by atoms with Crippen LogP contribution in [-0.4, -0.2) is 68.8 Å². The molecule has 1 saturated heterocycles. The number of rotatable bonds is 7. The van der Waals surface area contributed by atoms with Gasteiger partial charge in [-0.05, 0) is 18.6 Å². The Hall–Kier alpha value is -3.23. The predicted molar refractivity (Wildman–Crippen MR) is 108 cm³/mol. The standard InChI is InChI=1S/C20H26N4O5/c1-23(2)20-21-14(10-17(25)22-20)13-8-9-24(11-13)18(26)12-29-19-15(27-3)6-5-7-16(19)28-4/h5-7,10,13H,8-9,11-12H2,1-4H3,(H,21,22,25). The lowest BCUT2D eigenvalue weighted by molar-refractivity contribution is -0.132. The number of likely N-dealkylation sites (tertiary alicyclic amines) is 1. The predicted octanol–water partition coefficient (Wildman–Crippen LogP) is 1.25. The first-order chi connectivity index (χ1) is 13.9. The number of anilines is 1. The summed E-state index contributed by atoms with van der Waals surface area (Å²) in [5, 5.41) is 0. The number of carbonyl (C=O) groups excluding carboxylic acids is 1. The van der Waals surface area contributed by atoms with E-state index < -0.39 is 0 Å². The van der Waals surface area contributed by atoms with Crippen molar-refractivity contribution >= 4 is 11.9 Å². The maximum absolute atomic E-state index is 12.7. The maximum Gasteiger partial charge on any atom is 0.260 e. The van der Waals surface area contributed by atoms with Crippen LogP contribution >= 0.6 is 0 Å². The van der Waals surface area contributed by atoms with E-state index in [1.807, 2.05) is 14.1 Å². The zero-order valence-corrected chi connectivity index (χ0v) is 17.1. The molecule has 1 fully saturated rings. The fourth-order valence-corrected chi connectivity index (χ4v) is 3.30. The number of benzene rings is 1. The minimum Gasteiger partial charge on any atom is -0.493 e. The van der Waals surface area contributed by atoms with E-state index in [2.05, 4.69) is 9.97 Å². The summed E-state index contributed by atoms with van der Waals surface area (Å²) < 4.78 is 16.3. The summed E-state index contributed by atoms with van der Waals surface area (Å²) in [7, 11) is 6.70.